The molecule has 0 bridgehead atoms. The maximum absolute atomic E-state index is 13.4. The van der Waals surface area contributed by atoms with Crippen molar-refractivity contribution < 1.29 is 4.39 Å². The third-order valence-corrected chi connectivity index (χ3v) is 3.26. The molecule has 5 heteroatoms. The van der Waals surface area contributed by atoms with Gasteiger partial charge in [0, 0.05) is 12.7 Å². The van der Waals surface area contributed by atoms with E-state index in [0.717, 1.165) is 21.4 Å². The van der Waals surface area contributed by atoms with Gasteiger partial charge < -0.3 is 5.32 Å². The van der Waals surface area contributed by atoms with Crippen LogP contribution in [0.25, 0.3) is 5.69 Å². The van der Waals surface area contributed by atoms with E-state index in [1.807, 2.05) is 6.20 Å². The molecule has 0 saturated heterocycles. The van der Waals surface area contributed by atoms with Crippen LogP contribution in [0, 0.1) is 15.3 Å². The van der Waals surface area contributed by atoms with E-state index in [1.165, 1.54) is 6.07 Å². The van der Waals surface area contributed by atoms with Gasteiger partial charge in [-0.1, -0.05) is 13.8 Å². The molecule has 0 aliphatic heterocycles. The monoisotopic (exact) mass is 373 g/mol. The number of nitrogens with zero attached hydrogens (tertiary/aromatic N) is 2. The van der Waals surface area contributed by atoms with Crippen molar-refractivity contribution in [3.63, 3.8) is 0 Å². The molecule has 102 valence electrons. The van der Waals surface area contributed by atoms with Crippen LogP contribution < -0.4 is 5.32 Å². The first kappa shape index (κ1) is 14.5. The fourth-order valence-electron chi connectivity index (χ4n) is 1.85. The van der Waals surface area contributed by atoms with Crippen LogP contribution in [0.3, 0.4) is 0 Å². The van der Waals surface area contributed by atoms with Crippen molar-refractivity contribution in [1.82, 2.24) is 15.1 Å². The molecule has 1 heterocycles. The lowest BCUT2D eigenvalue weighted by Crippen LogP contribution is -2.20. The molecule has 0 saturated carbocycles. The topological polar surface area (TPSA) is 29.9 Å². The van der Waals surface area contributed by atoms with Gasteiger partial charge >= 0.3 is 0 Å². The lowest BCUT2D eigenvalue weighted by atomic mass is 10.1. The molecule has 0 aliphatic rings. The molecule has 2 aromatic rings. The van der Waals surface area contributed by atoms with E-state index in [2.05, 4.69) is 46.9 Å². The molecular formula is C14H17FIN3. The standard InChI is InChI=1S/C14H17FIN3/c1-10(2)6-17-7-11-5-12(15)3-4-14(11)19-9-13(16)8-18-19/h3-5,8-10,17H,6-7H2,1-2H3. The summed E-state index contributed by atoms with van der Waals surface area (Å²) < 4.78 is 16.2. The van der Waals surface area contributed by atoms with Crippen molar-refractivity contribution >= 4 is 22.6 Å². The van der Waals surface area contributed by atoms with Crippen LogP contribution in [0.15, 0.2) is 30.6 Å². The van der Waals surface area contributed by atoms with Gasteiger partial charge in [-0.15, -0.1) is 0 Å². The third kappa shape index (κ3) is 4.01. The molecule has 0 amide bonds. The number of hydrogen-bond donors (Lipinski definition) is 1. The maximum Gasteiger partial charge on any atom is 0.123 e. The Kier molecular flexibility index (Phi) is 4.93. The first-order valence-corrected chi connectivity index (χ1v) is 7.34. The number of rotatable bonds is 5. The van der Waals surface area contributed by atoms with Gasteiger partial charge in [0.1, 0.15) is 5.82 Å². The van der Waals surface area contributed by atoms with Gasteiger partial charge in [0.2, 0.25) is 0 Å². The normalized spacial score (nSPS) is 11.2. The zero-order valence-electron chi connectivity index (χ0n) is 11.0. The second-order valence-electron chi connectivity index (χ2n) is 4.90. The largest absolute Gasteiger partial charge is 0.312 e. The van der Waals surface area contributed by atoms with E-state index in [1.54, 1.807) is 23.0 Å². The van der Waals surface area contributed by atoms with Crippen LogP contribution >= 0.6 is 22.6 Å². The van der Waals surface area contributed by atoms with E-state index < -0.39 is 0 Å². The zero-order chi connectivity index (χ0) is 13.8. The quantitative estimate of drug-likeness (QED) is 0.815. The Morgan fingerprint density at radius 3 is 2.84 bits per heavy atom. The molecule has 2 rings (SSSR count). The van der Waals surface area contributed by atoms with Crippen LogP contribution in [-0.2, 0) is 6.54 Å². The summed E-state index contributed by atoms with van der Waals surface area (Å²) in [6, 6.07) is 4.80. The Bertz CT molecular complexity index is 551. The Hall–Kier alpha value is -0.950. The highest BCUT2D eigenvalue weighted by Gasteiger charge is 2.07. The van der Waals surface area contributed by atoms with E-state index in [0.29, 0.717) is 12.5 Å². The van der Waals surface area contributed by atoms with Crippen molar-refractivity contribution in [3.8, 4) is 5.69 Å². The van der Waals surface area contributed by atoms with Crippen LogP contribution in [0.2, 0.25) is 0 Å². The zero-order valence-corrected chi connectivity index (χ0v) is 13.2. The Morgan fingerprint density at radius 2 is 2.21 bits per heavy atom. The fourth-order valence-corrected chi connectivity index (χ4v) is 2.24. The average Bonchev–Trinajstić information content (AvgIpc) is 2.75. The second-order valence-corrected chi connectivity index (χ2v) is 6.15. The van der Waals surface area contributed by atoms with Crippen molar-refractivity contribution in [2.75, 3.05) is 6.54 Å². The van der Waals surface area contributed by atoms with Crippen molar-refractivity contribution in [3.05, 3.63) is 45.5 Å². The minimum Gasteiger partial charge on any atom is -0.312 e. The summed E-state index contributed by atoms with van der Waals surface area (Å²) in [6.07, 6.45) is 3.72. The number of halogens is 2. The highest BCUT2D eigenvalue weighted by molar-refractivity contribution is 14.1. The predicted molar refractivity (Wildman–Crippen MR) is 82.8 cm³/mol. The molecule has 0 spiro atoms. The summed E-state index contributed by atoms with van der Waals surface area (Å²) in [4.78, 5) is 0. The Labute approximate surface area is 126 Å². The molecule has 0 unspecified atom stereocenters. The maximum atomic E-state index is 13.4. The van der Waals surface area contributed by atoms with Gasteiger partial charge in [0.15, 0.2) is 0 Å². The second kappa shape index (κ2) is 6.47. The smallest absolute Gasteiger partial charge is 0.123 e. The van der Waals surface area contributed by atoms with E-state index >= 15 is 0 Å². The summed E-state index contributed by atoms with van der Waals surface area (Å²) in [5.41, 5.74) is 1.83. The Morgan fingerprint density at radius 1 is 1.42 bits per heavy atom. The molecular weight excluding hydrogens is 356 g/mol. The summed E-state index contributed by atoms with van der Waals surface area (Å²) in [6.45, 7) is 5.85. The van der Waals surface area contributed by atoms with Gasteiger partial charge in [-0.05, 0) is 58.8 Å². The molecule has 1 aromatic carbocycles. The third-order valence-electron chi connectivity index (χ3n) is 2.71. The summed E-state index contributed by atoms with van der Waals surface area (Å²) in [5.74, 6) is 0.356. The van der Waals surface area contributed by atoms with E-state index in [9.17, 15) is 4.39 Å². The molecule has 1 N–H and O–H groups in total. The highest BCUT2D eigenvalue weighted by atomic mass is 127. The van der Waals surface area contributed by atoms with E-state index in [-0.39, 0.29) is 5.82 Å². The van der Waals surface area contributed by atoms with Crippen molar-refractivity contribution in [1.29, 1.82) is 0 Å². The molecule has 0 aliphatic carbocycles. The molecule has 0 fully saturated rings. The van der Waals surface area contributed by atoms with Gasteiger partial charge in [0.25, 0.3) is 0 Å². The summed E-state index contributed by atoms with van der Waals surface area (Å²) >= 11 is 2.21. The lowest BCUT2D eigenvalue weighted by Gasteiger charge is -2.12. The van der Waals surface area contributed by atoms with Crippen molar-refractivity contribution in [2.24, 2.45) is 5.92 Å². The predicted octanol–water partition coefficient (Wildman–Crippen LogP) is 3.36. The van der Waals surface area contributed by atoms with Crippen LogP contribution in [0.1, 0.15) is 19.4 Å². The first-order chi connectivity index (χ1) is 9.06. The Balaban J connectivity index is 2.23. The first-order valence-electron chi connectivity index (χ1n) is 6.26. The number of benzene rings is 1. The van der Waals surface area contributed by atoms with Gasteiger partial charge in [0.05, 0.1) is 15.5 Å². The number of nitrogens with one attached hydrogen (secondary N) is 1. The SMILES string of the molecule is CC(C)CNCc1cc(F)ccc1-n1cc(I)cn1. The molecule has 19 heavy (non-hydrogen) atoms. The van der Waals surface area contributed by atoms with Gasteiger partial charge in [-0.2, -0.15) is 5.10 Å². The summed E-state index contributed by atoms with van der Waals surface area (Å²) in [5, 5.41) is 7.61. The van der Waals surface area contributed by atoms with E-state index in [4.69, 9.17) is 0 Å². The molecule has 0 radical (unpaired) electrons. The minimum atomic E-state index is -0.216. The van der Waals surface area contributed by atoms with Crippen LogP contribution in [0.4, 0.5) is 4.39 Å². The summed E-state index contributed by atoms with van der Waals surface area (Å²) in [7, 11) is 0. The number of hydrogen-bond acceptors (Lipinski definition) is 2. The van der Waals surface area contributed by atoms with Crippen LogP contribution in [0.5, 0.6) is 0 Å². The highest BCUT2D eigenvalue weighted by Crippen LogP contribution is 2.17. The molecule has 3 nitrogen and oxygen atoms in total. The minimum absolute atomic E-state index is 0.216. The lowest BCUT2D eigenvalue weighted by molar-refractivity contribution is 0.548. The number of aromatic nitrogens is 2. The van der Waals surface area contributed by atoms with Crippen molar-refractivity contribution in [2.45, 2.75) is 20.4 Å². The average molecular weight is 373 g/mol. The molecule has 0 atom stereocenters. The van der Waals surface area contributed by atoms with Gasteiger partial charge in [-0.3, -0.25) is 0 Å². The molecule has 1 aromatic heterocycles. The van der Waals surface area contributed by atoms with Gasteiger partial charge in [-0.25, -0.2) is 9.07 Å². The fraction of sp³-hybridized carbons (Fsp3) is 0.357. The van der Waals surface area contributed by atoms with Crippen LogP contribution in [-0.4, -0.2) is 16.3 Å².